The lowest BCUT2D eigenvalue weighted by atomic mass is 10.1. The molecule has 33 heavy (non-hydrogen) atoms. The van der Waals surface area contributed by atoms with Crippen LogP contribution in [-0.2, 0) is 0 Å². The summed E-state index contributed by atoms with van der Waals surface area (Å²) < 4.78 is 5.92. The summed E-state index contributed by atoms with van der Waals surface area (Å²) in [4.78, 5) is 26.2. The Morgan fingerprint density at radius 2 is 1.30 bits per heavy atom. The fraction of sp³-hybridized carbons (Fsp3) is 0.0769. The lowest BCUT2D eigenvalue weighted by molar-refractivity contribution is 0.0334. The molecule has 0 bridgehead atoms. The van der Waals surface area contributed by atoms with Crippen LogP contribution in [0.4, 0.5) is 0 Å². The highest BCUT2D eigenvalue weighted by molar-refractivity contribution is 6.21. The molecule has 1 saturated heterocycles. The maximum atomic E-state index is 13.1. The van der Waals surface area contributed by atoms with Crippen molar-refractivity contribution in [2.75, 3.05) is 0 Å². The second-order valence-corrected chi connectivity index (χ2v) is 7.87. The molecule has 3 unspecified atom stereocenters. The first-order chi connectivity index (χ1) is 16.2. The third-order valence-electron chi connectivity index (χ3n) is 5.85. The molecule has 3 aromatic carbocycles. The van der Waals surface area contributed by atoms with Gasteiger partial charge in [-0.25, -0.2) is 5.01 Å². The summed E-state index contributed by atoms with van der Waals surface area (Å²) in [5, 5.41) is 11.3. The van der Waals surface area contributed by atoms with Gasteiger partial charge >= 0.3 is 0 Å². The van der Waals surface area contributed by atoms with Gasteiger partial charge in [-0.2, -0.15) is 5.01 Å². The van der Waals surface area contributed by atoms with Crippen molar-refractivity contribution in [3.8, 4) is 0 Å². The fourth-order valence-electron chi connectivity index (χ4n) is 4.25. The van der Waals surface area contributed by atoms with Crippen LogP contribution in [0.2, 0.25) is 0 Å². The monoisotopic (exact) mass is 434 g/mol. The standard InChI is InChI=1S/C26H18N4O3/c31-25-19-13-7-8-14-20(19)26(32)30(25)29-22(18-11-5-2-6-12-18)23(29)24-28-27-21(33-24)16-15-17-9-3-1-4-10-17/h1-16,22-23H/b16-15+. The van der Waals surface area contributed by atoms with E-state index >= 15 is 0 Å². The molecule has 4 aromatic rings. The summed E-state index contributed by atoms with van der Waals surface area (Å²) in [5.41, 5.74) is 2.77. The molecule has 0 saturated carbocycles. The zero-order valence-electron chi connectivity index (χ0n) is 17.4. The smallest absolute Gasteiger partial charge is 0.276 e. The maximum absolute atomic E-state index is 13.1. The van der Waals surface area contributed by atoms with Gasteiger partial charge in [-0.15, -0.1) is 10.2 Å². The minimum Gasteiger partial charge on any atom is -0.419 e. The van der Waals surface area contributed by atoms with E-state index in [1.807, 2.05) is 66.7 Å². The quantitative estimate of drug-likeness (QED) is 0.339. The lowest BCUT2D eigenvalue weighted by Gasteiger charge is -2.16. The molecule has 7 nitrogen and oxygen atoms in total. The SMILES string of the molecule is O=C1c2ccccc2C(=O)N1N1C(c2ccccc2)C1c1nnc(/C=C/c2ccccc2)o1. The average Bonchev–Trinajstić information content (AvgIpc) is 3.29. The highest BCUT2D eigenvalue weighted by atomic mass is 16.4. The van der Waals surface area contributed by atoms with Crippen LogP contribution in [-0.4, -0.2) is 32.0 Å². The number of hydrogen-bond acceptors (Lipinski definition) is 6. The van der Waals surface area contributed by atoms with Gasteiger partial charge in [-0.3, -0.25) is 9.59 Å². The highest BCUT2D eigenvalue weighted by Crippen LogP contribution is 2.56. The normalized spacial score (nSPS) is 21.6. The van der Waals surface area contributed by atoms with Crippen LogP contribution in [0.5, 0.6) is 0 Å². The number of benzene rings is 3. The van der Waals surface area contributed by atoms with Crippen molar-refractivity contribution < 1.29 is 14.0 Å². The van der Waals surface area contributed by atoms with Gasteiger partial charge in [-0.05, 0) is 29.3 Å². The Hall–Kier alpha value is -4.36. The number of rotatable bonds is 5. The number of fused-ring (bicyclic) bond motifs is 1. The van der Waals surface area contributed by atoms with Crippen LogP contribution in [0.15, 0.2) is 89.3 Å². The number of amides is 2. The second-order valence-electron chi connectivity index (χ2n) is 7.87. The van der Waals surface area contributed by atoms with Gasteiger partial charge in [0.25, 0.3) is 11.8 Å². The summed E-state index contributed by atoms with van der Waals surface area (Å²) in [6.45, 7) is 0. The molecule has 0 N–H and O–H groups in total. The molecule has 3 heterocycles. The van der Waals surface area contributed by atoms with E-state index in [4.69, 9.17) is 4.42 Å². The van der Waals surface area contributed by atoms with Crippen molar-refractivity contribution in [3.05, 3.63) is 119 Å². The average molecular weight is 434 g/mol. The molecule has 7 heteroatoms. The molecule has 160 valence electrons. The first kappa shape index (κ1) is 19.3. The Kier molecular flexibility index (Phi) is 4.48. The van der Waals surface area contributed by atoms with E-state index < -0.39 is 6.04 Å². The number of nitrogens with zero attached hydrogens (tertiary/aromatic N) is 4. The maximum Gasteiger partial charge on any atom is 0.276 e. The summed E-state index contributed by atoms with van der Waals surface area (Å²) in [7, 11) is 0. The zero-order chi connectivity index (χ0) is 22.4. The van der Waals surface area contributed by atoms with Gasteiger partial charge in [0.15, 0.2) is 0 Å². The molecule has 0 spiro atoms. The third-order valence-corrected chi connectivity index (χ3v) is 5.85. The Morgan fingerprint density at radius 3 is 1.97 bits per heavy atom. The number of hydrazine groups is 1. The molecule has 3 atom stereocenters. The predicted octanol–water partition coefficient (Wildman–Crippen LogP) is 4.55. The van der Waals surface area contributed by atoms with Crippen LogP contribution >= 0.6 is 0 Å². The van der Waals surface area contributed by atoms with E-state index in [1.165, 1.54) is 5.01 Å². The minimum atomic E-state index is -0.416. The van der Waals surface area contributed by atoms with Crippen molar-refractivity contribution >= 4 is 24.0 Å². The van der Waals surface area contributed by atoms with E-state index in [0.29, 0.717) is 22.9 Å². The van der Waals surface area contributed by atoms with Crippen molar-refractivity contribution in [1.82, 2.24) is 20.2 Å². The summed E-state index contributed by atoms with van der Waals surface area (Å²) in [6, 6.07) is 25.7. The molecular formula is C26H18N4O3. The highest BCUT2D eigenvalue weighted by Gasteiger charge is 2.60. The number of hydrogen-bond donors (Lipinski definition) is 0. The molecule has 0 radical (unpaired) electrons. The van der Waals surface area contributed by atoms with Crippen LogP contribution in [0.25, 0.3) is 12.2 Å². The fourth-order valence-corrected chi connectivity index (χ4v) is 4.25. The lowest BCUT2D eigenvalue weighted by Crippen LogP contribution is -2.35. The number of carbonyl (C=O) groups is 2. The van der Waals surface area contributed by atoms with E-state index in [-0.39, 0.29) is 17.9 Å². The van der Waals surface area contributed by atoms with Gasteiger partial charge in [0.05, 0.1) is 17.2 Å². The van der Waals surface area contributed by atoms with Crippen LogP contribution in [0.3, 0.4) is 0 Å². The van der Waals surface area contributed by atoms with Gasteiger partial charge in [0, 0.05) is 6.08 Å². The largest absolute Gasteiger partial charge is 0.419 e. The van der Waals surface area contributed by atoms with E-state index in [0.717, 1.165) is 11.1 Å². The van der Waals surface area contributed by atoms with Gasteiger partial charge < -0.3 is 4.42 Å². The van der Waals surface area contributed by atoms with Crippen LogP contribution < -0.4 is 0 Å². The molecule has 6 rings (SSSR count). The van der Waals surface area contributed by atoms with Gasteiger partial charge in [0.2, 0.25) is 11.8 Å². The number of carbonyl (C=O) groups excluding carboxylic acids is 2. The van der Waals surface area contributed by atoms with Crippen molar-refractivity contribution in [2.24, 2.45) is 0 Å². The third kappa shape index (κ3) is 3.26. The molecule has 1 aromatic heterocycles. The topological polar surface area (TPSA) is 79.3 Å². The van der Waals surface area contributed by atoms with Gasteiger partial charge in [0.1, 0.15) is 6.04 Å². The van der Waals surface area contributed by atoms with Crippen LogP contribution in [0.1, 0.15) is 55.7 Å². The molecular weight excluding hydrogens is 416 g/mol. The minimum absolute atomic E-state index is 0.264. The van der Waals surface area contributed by atoms with Crippen molar-refractivity contribution in [2.45, 2.75) is 12.1 Å². The Bertz CT molecular complexity index is 1350. The molecule has 2 amide bonds. The zero-order valence-corrected chi connectivity index (χ0v) is 17.4. The molecule has 2 aliphatic rings. The van der Waals surface area contributed by atoms with Crippen LogP contribution in [0, 0.1) is 0 Å². The first-order valence-electron chi connectivity index (χ1n) is 10.6. The summed E-state index contributed by atoms with van der Waals surface area (Å²) >= 11 is 0. The summed E-state index contributed by atoms with van der Waals surface area (Å²) in [6.07, 6.45) is 3.64. The van der Waals surface area contributed by atoms with Crippen molar-refractivity contribution in [3.63, 3.8) is 0 Å². The Morgan fingerprint density at radius 1 is 0.697 bits per heavy atom. The van der Waals surface area contributed by atoms with Crippen molar-refractivity contribution in [1.29, 1.82) is 0 Å². The van der Waals surface area contributed by atoms with E-state index in [1.54, 1.807) is 35.4 Å². The second kappa shape index (κ2) is 7.65. The van der Waals surface area contributed by atoms with E-state index in [2.05, 4.69) is 10.2 Å². The molecule has 1 fully saturated rings. The molecule has 2 aliphatic heterocycles. The molecule has 0 aliphatic carbocycles. The Balaban J connectivity index is 1.33. The number of imide groups is 1. The Labute approximate surface area is 189 Å². The first-order valence-corrected chi connectivity index (χ1v) is 10.6. The van der Waals surface area contributed by atoms with E-state index in [9.17, 15) is 9.59 Å². The summed E-state index contributed by atoms with van der Waals surface area (Å²) in [5.74, 6) is 0.0217. The van der Waals surface area contributed by atoms with Gasteiger partial charge in [-0.1, -0.05) is 72.8 Å². The predicted molar refractivity (Wildman–Crippen MR) is 120 cm³/mol. The number of aromatic nitrogens is 2.